The number of ketones is 1. The summed E-state index contributed by atoms with van der Waals surface area (Å²) < 4.78 is 35.9. The van der Waals surface area contributed by atoms with Gasteiger partial charge in [-0.3, -0.25) is 18.9 Å². The van der Waals surface area contributed by atoms with E-state index in [4.69, 9.17) is 26.6 Å². The van der Waals surface area contributed by atoms with Crippen LogP contribution in [0.2, 0.25) is 5.02 Å². The fourth-order valence-corrected chi connectivity index (χ4v) is 5.33. The van der Waals surface area contributed by atoms with Gasteiger partial charge in [0.25, 0.3) is 10.1 Å². The maximum atomic E-state index is 13.5. The van der Waals surface area contributed by atoms with Gasteiger partial charge in [-0.15, -0.1) is 0 Å². The van der Waals surface area contributed by atoms with Crippen molar-refractivity contribution >= 4 is 45.4 Å². The number of hydrogen-bond donors (Lipinski definition) is 4. The highest BCUT2D eigenvalue weighted by atomic mass is 35.5. The standard InChI is InChI=1S/C25H37ClN4O8S/c1-14(2)20(28-23(34)29-25(5,6)38-22(33)17(27)12-39(35,36)37)21(32)30-11-18(31)19(24(3,4)13-30)15-7-9-16(26)10-8-15/h7-10,14,17,19-20H,11-13,27H2,1-6H3,(H2,28,29,34)(H,35,36,37). The molecule has 1 saturated heterocycles. The van der Waals surface area contributed by atoms with E-state index in [9.17, 15) is 27.6 Å². The Bertz CT molecular complexity index is 1200. The molecule has 1 aliphatic rings. The molecule has 3 atom stereocenters. The third-order valence-corrected chi connectivity index (χ3v) is 7.28. The summed E-state index contributed by atoms with van der Waals surface area (Å²) in [5.41, 5.74) is 4.02. The van der Waals surface area contributed by atoms with Gasteiger partial charge in [-0.2, -0.15) is 8.42 Å². The molecule has 2 rings (SSSR count). The molecule has 14 heteroatoms. The number of ether oxygens (including phenoxy) is 1. The van der Waals surface area contributed by atoms with Gasteiger partial charge in [-0.1, -0.05) is 51.4 Å². The second-order valence-corrected chi connectivity index (χ2v) is 13.2. The minimum Gasteiger partial charge on any atom is -0.438 e. The number of nitrogens with two attached hydrogens (primary N) is 1. The number of nitrogens with one attached hydrogen (secondary N) is 2. The summed E-state index contributed by atoms with van der Waals surface area (Å²) in [6.07, 6.45) is 0. The first-order valence-electron chi connectivity index (χ1n) is 12.3. The van der Waals surface area contributed by atoms with Crippen LogP contribution in [0.5, 0.6) is 0 Å². The molecule has 1 heterocycles. The van der Waals surface area contributed by atoms with Crippen LogP contribution < -0.4 is 16.4 Å². The van der Waals surface area contributed by atoms with Crippen LogP contribution in [0.1, 0.15) is 53.0 Å². The topological polar surface area (TPSA) is 185 Å². The Balaban J connectivity index is 2.09. The van der Waals surface area contributed by atoms with Crippen LogP contribution in [0.4, 0.5) is 4.79 Å². The summed E-state index contributed by atoms with van der Waals surface area (Å²) in [6, 6.07) is 3.52. The Kier molecular flexibility index (Phi) is 10.2. The van der Waals surface area contributed by atoms with E-state index in [0.717, 1.165) is 5.56 Å². The van der Waals surface area contributed by atoms with Crippen molar-refractivity contribution in [2.24, 2.45) is 17.1 Å². The molecule has 39 heavy (non-hydrogen) atoms. The highest BCUT2D eigenvalue weighted by Gasteiger charge is 2.45. The molecule has 3 unspecified atom stereocenters. The lowest BCUT2D eigenvalue weighted by molar-refractivity contribution is -0.159. The van der Waals surface area contributed by atoms with E-state index in [1.165, 1.54) is 18.7 Å². The summed E-state index contributed by atoms with van der Waals surface area (Å²) in [7, 11) is -4.52. The average Bonchev–Trinajstić information content (AvgIpc) is 2.75. The number of esters is 1. The van der Waals surface area contributed by atoms with Crippen molar-refractivity contribution in [1.29, 1.82) is 0 Å². The number of nitrogens with zero attached hydrogens (tertiary/aromatic N) is 1. The number of halogens is 1. The SMILES string of the molecule is CC(C)C(NC(=O)NC(C)(C)OC(=O)C(N)CS(=O)(=O)O)C(=O)N1CC(=O)C(c2ccc(Cl)cc2)C(C)(C)C1. The van der Waals surface area contributed by atoms with E-state index in [1.807, 2.05) is 13.8 Å². The van der Waals surface area contributed by atoms with E-state index in [2.05, 4.69) is 10.6 Å². The van der Waals surface area contributed by atoms with Gasteiger partial charge < -0.3 is 26.0 Å². The van der Waals surface area contributed by atoms with Crippen molar-refractivity contribution in [3.8, 4) is 0 Å². The van der Waals surface area contributed by atoms with E-state index in [0.29, 0.717) is 5.02 Å². The lowest BCUT2D eigenvalue weighted by Crippen LogP contribution is -2.61. The normalized spacial score (nSPS) is 19.3. The van der Waals surface area contributed by atoms with Gasteiger partial charge in [0.1, 0.15) is 17.8 Å². The maximum Gasteiger partial charge on any atom is 0.326 e. The van der Waals surface area contributed by atoms with Crippen LogP contribution in [-0.4, -0.2) is 78.2 Å². The number of hydrogen-bond acceptors (Lipinski definition) is 8. The molecule has 1 aromatic carbocycles. The maximum absolute atomic E-state index is 13.5. The summed E-state index contributed by atoms with van der Waals surface area (Å²) in [6.45, 7) is 10.0. The number of rotatable bonds is 9. The number of Topliss-reactive ketones (excluding diaryl/α,β-unsaturated/α-hetero) is 1. The Morgan fingerprint density at radius 1 is 1.23 bits per heavy atom. The van der Waals surface area contributed by atoms with Gasteiger partial charge in [-0.05, 0) is 42.9 Å². The number of carbonyl (C=O) groups is 4. The smallest absolute Gasteiger partial charge is 0.326 e. The summed E-state index contributed by atoms with van der Waals surface area (Å²) >= 11 is 5.99. The minimum absolute atomic E-state index is 0.128. The third kappa shape index (κ3) is 9.16. The van der Waals surface area contributed by atoms with Crippen LogP contribution in [-0.2, 0) is 29.2 Å². The van der Waals surface area contributed by atoms with E-state index in [-0.39, 0.29) is 24.8 Å². The predicted molar refractivity (Wildman–Crippen MR) is 144 cm³/mol. The lowest BCUT2D eigenvalue weighted by atomic mass is 9.69. The predicted octanol–water partition coefficient (Wildman–Crippen LogP) is 1.68. The molecule has 12 nitrogen and oxygen atoms in total. The largest absolute Gasteiger partial charge is 0.438 e. The number of carbonyl (C=O) groups excluding carboxylic acids is 4. The van der Waals surface area contributed by atoms with E-state index >= 15 is 0 Å². The summed E-state index contributed by atoms with van der Waals surface area (Å²) in [5.74, 6) is -3.59. The van der Waals surface area contributed by atoms with Gasteiger partial charge in [0, 0.05) is 11.6 Å². The van der Waals surface area contributed by atoms with Gasteiger partial charge in [0.05, 0.1) is 12.5 Å². The molecule has 5 N–H and O–H groups in total. The monoisotopic (exact) mass is 588 g/mol. The molecule has 1 aromatic rings. The fraction of sp³-hybridized carbons (Fsp3) is 0.600. The first-order chi connectivity index (χ1) is 17.7. The molecule has 3 amide bonds. The number of urea groups is 1. The van der Waals surface area contributed by atoms with Gasteiger partial charge in [0.15, 0.2) is 11.5 Å². The molecule has 0 radical (unpaired) electrons. The number of piperidine rings is 1. The highest BCUT2D eigenvalue weighted by molar-refractivity contribution is 7.85. The first kappa shape index (κ1) is 32.5. The second-order valence-electron chi connectivity index (χ2n) is 11.2. The van der Waals surface area contributed by atoms with Crippen molar-refractivity contribution in [2.75, 3.05) is 18.8 Å². The van der Waals surface area contributed by atoms with Crippen LogP contribution in [0.3, 0.4) is 0 Å². The third-order valence-electron chi connectivity index (χ3n) is 6.25. The molecule has 218 valence electrons. The van der Waals surface area contributed by atoms with E-state index < -0.39 is 62.9 Å². The van der Waals surface area contributed by atoms with Crippen LogP contribution in [0.15, 0.2) is 24.3 Å². The summed E-state index contributed by atoms with van der Waals surface area (Å²) in [4.78, 5) is 53.0. The van der Waals surface area contributed by atoms with Crippen molar-refractivity contribution in [2.45, 2.75) is 65.3 Å². The van der Waals surface area contributed by atoms with Crippen LogP contribution in [0.25, 0.3) is 0 Å². The molecule has 0 aliphatic carbocycles. The van der Waals surface area contributed by atoms with Crippen LogP contribution in [0, 0.1) is 11.3 Å². The zero-order valence-corrected chi connectivity index (χ0v) is 24.4. The van der Waals surface area contributed by atoms with Gasteiger partial charge >= 0.3 is 12.0 Å². The molecule has 1 aliphatic heterocycles. The quantitative estimate of drug-likeness (QED) is 0.189. The highest BCUT2D eigenvalue weighted by Crippen LogP contribution is 2.40. The molecule has 1 fully saturated rings. The Labute approximate surface area is 233 Å². The molecule has 0 aromatic heterocycles. The second kappa shape index (κ2) is 12.2. The molecule has 0 spiro atoms. The Hall–Kier alpha value is -2.74. The summed E-state index contributed by atoms with van der Waals surface area (Å²) in [5, 5.41) is 5.53. The van der Waals surface area contributed by atoms with Gasteiger partial charge in [0.2, 0.25) is 5.91 Å². The van der Waals surface area contributed by atoms with E-state index in [1.54, 1.807) is 38.1 Å². The molecular weight excluding hydrogens is 552 g/mol. The minimum atomic E-state index is -4.52. The van der Waals surface area contributed by atoms with Crippen molar-refractivity contribution in [1.82, 2.24) is 15.5 Å². The number of likely N-dealkylation sites (tertiary alicyclic amines) is 1. The van der Waals surface area contributed by atoms with Crippen molar-refractivity contribution in [3.05, 3.63) is 34.9 Å². The fourth-order valence-electron chi connectivity index (χ4n) is 4.61. The van der Waals surface area contributed by atoms with Crippen molar-refractivity contribution in [3.63, 3.8) is 0 Å². The Morgan fingerprint density at radius 2 is 1.79 bits per heavy atom. The molecule has 0 saturated carbocycles. The average molecular weight is 589 g/mol. The number of amides is 3. The molecular formula is C25H37ClN4O8S. The van der Waals surface area contributed by atoms with Gasteiger partial charge in [-0.25, -0.2) is 4.79 Å². The van der Waals surface area contributed by atoms with Crippen molar-refractivity contribution < 1.29 is 36.9 Å². The first-order valence-corrected chi connectivity index (χ1v) is 14.3. The number of benzene rings is 1. The van der Waals surface area contributed by atoms with Crippen LogP contribution >= 0.6 is 11.6 Å². The lowest BCUT2D eigenvalue weighted by Gasteiger charge is -2.44. The Morgan fingerprint density at radius 3 is 2.28 bits per heavy atom. The zero-order chi connectivity index (χ0) is 29.9. The zero-order valence-electron chi connectivity index (χ0n) is 22.9. The molecule has 0 bridgehead atoms.